The molecule has 0 atom stereocenters. The van der Waals surface area contributed by atoms with Crippen LogP contribution in [0.3, 0.4) is 0 Å². The third-order valence-corrected chi connectivity index (χ3v) is 3.43. The Bertz CT molecular complexity index is 378. The fraction of sp³-hybridized carbons (Fsp3) is 0.667. The second-order valence-electron chi connectivity index (χ2n) is 4.40. The maximum absolute atomic E-state index is 12.2. The minimum absolute atomic E-state index is 0.0869. The van der Waals surface area contributed by atoms with Gasteiger partial charge < -0.3 is 9.30 Å². The third-order valence-electron chi connectivity index (χ3n) is 3.43. The first-order valence-electron chi connectivity index (χ1n) is 5.85. The lowest BCUT2D eigenvalue weighted by Crippen LogP contribution is -2.36. The van der Waals surface area contributed by atoms with Crippen molar-refractivity contribution in [2.75, 3.05) is 6.61 Å². The van der Waals surface area contributed by atoms with E-state index in [4.69, 9.17) is 4.74 Å². The lowest BCUT2D eigenvalue weighted by atomic mass is 9.83. The van der Waals surface area contributed by atoms with Crippen LogP contribution in [-0.2, 0) is 22.0 Å². The summed E-state index contributed by atoms with van der Waals surface area (Å²) in [5, 5.41) is 0. The van der Waals surface area contributed by atoms with Crippen LogP contribution in [0.2, 0.25) is 0 Å². The van der Waals surface area contributed by atoms with Gasteiger partial charge >= 0.3 is 5.97 Å². The van der Waals surface area contributed by atoms with Crippen molar-refractivity contribution in [3.8, 4) is 0 Å². The van der Waals surface area contributed by atoms with Gasteiger partial charge in [-0.05, 0) is 19.8 Å². The number of aryl methyl sites for hydroxylation is 1. The monoisotopic (exact) mass is 222 g/mol. The van der Waals surface area contributed by atoms with Crippen LogP contribution in [0, 0.1) is 0 Å². The van der Waals surface area contributed by atoms with Gasteiger partial charge in [-0.1, -0.05) is 12.8 Å². The molecule has 1 fully saturated rings. The van der Waals surface area contributed by atoms with Gasteiger partial charge in [-0.3, -0.25) is 4.79 Å². The van der Waals surface area contributed by atoms with Crippen LogP contribution < -0.4 is 0 Å². The van der Waals surface area contributed by atoms with E-state index in [-0.39, 0.29) is 5.97 Å². The fourth-order valence-electron chi connectivity index (χ4n) is 2.63. The van der Waals surface area contributed by atoms with Crippen molar-refractivity contribution in [2.24, 2.45) is 7.05 Å². The molecule has 88 valence electrons. The first kappa shape index (κ1) is 11.2. The van der Waals surface area contributed by atoms with Gasteiger partial charge in [0.2, 0.25) is 0 Å². The maximum atomic E-state index is 12.2. The van der Waals surface area contributed by atoms with Crippen LogP contribution in [-0.4, -0.2) is 22.1 Å². The summed E-state index contributed by atoms with van der Waals surface area (Å²) >= 11 is 0. The number of nitrogens with zero attached hydrogens (tertiary/aromatic N) is 2. The Labute approximate surface area is 95.6 Å². The fourth-order valence-corrected chi connectivity index (χ4v) is 2.63. The molecule has 1 aromatic heterocycles. The van der Waals surface area contributed by atoms with Gasteiger partial charge in [0.15, 0.2) is 0 Å². The zero-order valence-corrected chi connectivity index (χ0v) is 9.90. The number of ether oxygens (including phenoxy) is 1. The van der Waals surface area contributed by atoms with Crippen molar-refractivity contribution in [3.63, 3.8) is 0 Å². The smallest absolute Gasteiger partial charge is 0.318 e. The predicted octanol–water partition coefficient (Wildman–Crippen LogP) is 1.79. The highest BCUT2D eigenvalue weighted by Gasteiger charge is 2.45. The zero-order chi connectivity index (χ0) is 11.6. The summed E-state index contributed by atoms with van der Waals surface area (Å²) in [5.41, 5.74) is 0.546. The molecule has 0 unspecified atom stereocenters. The van der Waals surface area contributed by atoms with E-state index in [1.807, 2.05) is 18.5 Å². The predicted molar refractivity (Wildman–Crippen MR) is 60.0 cm³/mol. The number of carbonyl (C=O) groups excluding carboxylic acids is 1. The topological polar surface area (TPSA) is 44.1 Å². The molecule has 0 saturated heterocycles. The minimum Gasteiger partial charge on any atom is -0.465 e. The summed E-state index contributed by atoms with van der Waals surface area (Å²) in [6.07, 6.45) is 7.47. The zero-order valence-electron chi connectivity index (χ0n) is 9.90. The highest BCUT2D eigenvalue weighted by molar-refractivity contribution is 5.83. The molecule has 0 amide bonds. The van der Waals surface area contributed by atoms with Crippen LogP contribution in [0.5, 0.6) is 0 Å². The summed E-state index contributed by atoms with van der Waals surface area (Å²) in [7, 11) is 1.93. The molecule has 4 nitrogen and oxygen atoms in total. The second kappa shape index (κ2) is 4.28. The molecule has 0 radical (unpaired) electrons. The lowest BCUT2D eigenvalue weighted by molar-refractivity contribution is -0.150. The van der Waals surface area contributed by atoms with Gasteiger partial charge in [0.25, 0.3) is 0 Å². The van der Waals surface area contributed by atoms with Crippen molar-refractivity contribution in [1.82, 2.24) is 9.55 Å². The Morgan fingerprint density at radius 1 is 1.56 bits per heavy atom. The molecule has 0 aromatic carbocycles. The lowest BCUT2D eigenvalue weighted by Gasteiger charge is -2.26. The summed E-state index contributed by atoms with van der Waals surface area (Å²) in [4.78, 5) is 16.3. The Morgan fingerprint density at radius 3 is 2.75 bits per heavy atom. The number of hydrogen-bond acceptors (Lipinski definition) is 3. The van der Waals surface area contributed by atoms with E-state index >= 15 is 0 Å². The van der Waals surface area contributed by atoms with Crippen LogP contribution in [0.15, 0.2) is 12.5 Å². The molecule has 0 N–H and O–H groups in total. The molecule has 1 heterocycles. The summed E-state index contributed by atoms with van der Waals surface area (Å²) in [6.45, 7) is 2.29. The summed E-state index contributed by atoms with van der Waals surface area (Å²) in [6, 6.07) is 0. The van der Waals surface area contributed by atoms with Crippen molar-refractivity contribution < 1.29 is 9.53 Å². The molecule has 16 heavy (non-hydrogen) atoms. The second-order valence-corrected chi connectivity index (χ2v) is 4.40. The van der Waals surface area contributed by atoms with Crippen molar-refractivity contribution >= 4 is 5.97 Å². The number of rotatable bonds is 3. The third kappa shape index (κ3) is 1.62. The quantitative estimate of drug-likeness (QED) is 0.732. The molecule has 0 aliphatic heterocycles. The Morgan fingerprint density at radius 2 is 2.25 bits per heavy atom. The molecule has 4 heteroatoms. The van der Waals surface area contributed by atoms with Crippen molar-refractivity contribution in [1.29, 1.82) is 0 Å². The molecular weight excluding hydrogens is 204 g/mol. The number of hydrogen-bond donors (Lipinski definition) is 0. The molecule has 0 spiro atoms. The van der Waals surface area contributed by atoms with Crippen LogP contribution >= 0.6 is 0 Å². The first-order chi connectivity index (χ1) is 7.70. The van der Waals surface area contributed by atoms with Crippen LogP contribution in [0.1, 0.15) is 38.3 Å². The highest BCUT2D eigenvalue weighted by atomic mass is 16.5. The number of imidazole rings is 1. The van der Waals surface area contributed by atoms with E-state index < -0.39 is 5.41 Å². The van der Waals surface area contributed by atoms with Gasteiger partial charge in [-0.2, -0.15) is 0 Å². The largest absolute Gasteiger partial charge is 0.465 e. The van der Waals surface area contributed by atoms with Gasteiger partial charge in [-0.25, -0.2) is 4.98 Å². The standard InChI is InChI=1S/C12H18N2O2/c1-3-16-11(15)12(6-4-5-7-12)10-8-13-9-14(10)2/h8-9H,3-7H2,1-2H3. The Balaban J connectivity index is 2.36. The average molecular weight is 222 g/mol. The van der Waals surface area contributed by atoms with Crippen molar-refractivity contribution in [2.45, 2.75) is 38.0 Å². The maximum Gasteiger partial charge on any atom is 0.318 e. The Kier molecular flexibility index (Phi) is 2.99. The van der Waals surface area contributed by atoms with E-state index in [2.05, 4.69) is 4.98 Å². The van der Waals surface area contributed by atoms with E-state index in [1.165, 1.54) is 0 Å². The Hall–Kier alpha value is -1.32. The van der Waals surface area contributed by atoms with Crippen LogP contribution in [0.4, 0.5) is 0 Å². The van der Waals surface area contributed by atoms with Gasteiger partial charge in [0.1, 0.15) is 5.41 Å². The summed E-state index contributed by atoms with van der Waals surface area (Å²) in [5.74, 6) is -0.0869. The minimum atomic E-state index is -0.443. The first-order valence-corrected chi connectivity index (χ1v) is 5.85. The number of aromatic nitrogens is 2. The van der Waals surface area contributed by atoms with E-state index in [0.717, 1.165) is 31.4 Å². The highest BCUT2D eigenvalue weighted by Crippen LogP contribution is 2.41. The molecule has 0 bridgehead atoms. The number of esters is 1. The molecule has 1 saturated carbocycles. The van der Waals surface area contributed by atoms with E-state index in [9.17, 15) is 4.79 Å². The normalized spacial score (nSPS) is 18.6. The molecular formula is C12H18N2O2. The average Bonchev–Trinajstić information content (AvgIpc) is 2.87. The van der Waals surface area contributed by atoms with E-state index in [1.54, 1.807) is 12.5 Å². The van der Waals surface area contributed by atoms with Gasteiger partial charge in [0.05, 0.1) is 18.6 Å². The molecule has 1 aliphatic carbocycles. The molecule has 1 aliphatic rings. The number of carbonyl (C=O) groups is 1. The SMILES string of the molecule is CCOC(=O)C1(c2cncn2C)CCCC1. The van der Waals surface area contributed by atoms with Gasteiger partial charge in [-0.15, -0.1) is 0 Å². The summed E-state index contributed by atoms with van der Waals surface area (Å²) < 4.78 is 7.16. The van der Waals surface area contributed by atoms with Crippen molar-refractivity contribution in [3.05, 3.63) is 18.2 Å². The van der Waals surface area contributed by atoms with E-state index in [0.29, 0.717) is 6.61 Å². The van der Waals surface area contributed by atoms with Crippen LogP contribution in [0.25, 0.3) is 0 Å². The van der Waals surface area contributed by atoms with Gasteiger partial charge in [0, 0.05) is 13.2 Å². The molecule has 1 aromatic rings. The molecule has 2 rings (SSSR count).